The van der Waals surface area contributed by atoms with E-state index in [-0.39, 0.29) is 11.9 Å². The first kappa shape index (κ1) is 10.9. The molecule has 0 aliphatic carbocycles. The van der Waals surface area contributed by atoms with Gasteiger partial charge in [-0.15, -0.1) is 11.3 Å². The lowest BCUT2D eigenvalue weighted by Crippen LogP contribution is -2.27. The van der Waals surface area contributed by atoms with Crippen LogP contribution in [0, 0.1) is 6.92 Å². The number of thiazole rings is 1. The van der Waals surface area contributed by atoms with Crippen molar-refractivity contribution in [1.29, 1.82) is 0 Å². The third-order valence-corrected chi connectivity index (χ3v) is 3.06. The van der Waals surface area contributed by atoms with Crippen LogP contribution in [0.1, 0.15) is 34.2 Å². The molecular weight excluding hydrogens is 222 g/mol. The lowest BCUT2D eigenvalue weighted by atomic mass is 10.2. The Morgan fingerprint density at radius 3 is 3.00 bits per heavy atom. The number of amides is 1. The van der Waals surface area contributed by atoms with Gasteiger partial charge in [-0.25, -0.2) is 4.98 Å². The van der Waals surface area contributed by atoms with Gasteiger partial charge in [0.1, 0.15) is 5.69 Å². The molecule has 1 unspecified atom stereocenters. The van der Waals surface area contributed by atoms with Crippen molar-refractivity contribution in [2.75, 3.05) is 0 Å². The standard InChI is InChI=1S/C11H13N3OS/c1-7(10-6-16-8(2)14-10)13-11(15)9-4-3-5-12-9/h3-7,12H,1-2H3,(H,13,15). The number of rotatable bonds is 3. The molecule has 1 amide bonds. The van der Waals surface area contributed by atoms with Gasteiger partial charge in [0.15, 0.2) is 0 Å². The molecule has 2 aromatic heterocycles. The van der Waals surface area contributed by atoms with E-state index in [1.54, 1.807) is 29.7 Å². The minimum Gasteiger partial charge on any atom is -0.357 e. The number of carbonyl (C=O) groups excluding carboxylic acids is 1. The Morgan fingerprint density at radius 1 is 1.62 bits per heavy atom. The summed E-state index contributed by atoms with van der Waals surface area (Å²) in [4.78, 5) is 18.9. The first-order chi connectivity index (χ1) is 7.66. The van der Waals surface area contributed by atoms with Crippen LogP contribution in [0.3, 0.4) is 0 Å². The van der Waals surface area contributed by atoms with E-state index in [2.05, 4.69) is 15.3 Å². The van der Waals surface area contributed by atoms with Crippen LogP contribution in [-0.4, -0.2) is 15.9 Å². The Morgan fingerprint density at radius 2 is 2.44 bits per heavy atom. The van der Waals surface area contributed by atoms with Gasteiger partial charge in [-0.2, -0.15) is 0 Å². The van der Waals surface area contributed by atoms with Crippen LogP contribution in [0.2, 0.25) is 0 Å². The number of carbonyl (C=O) groups is 1. The Labute approximate surface area is 97.7 Å². The second-order valence-electron chi connectivity index (χ2n) is 3.57. The Balaban J connectivity index is 2.03. The van der Waals surface area contributed by atoms with Gasteiger partial charge < -0.3 is 10.3 Å². The maximum Gasteiger partial charge on any atom is 0.268 e. The highest BCUT2D eigenvalue weighted by Crippen LogP contribution is 2.15. The normalized spacial score (nSPS) is 12.4. The Bertz CT molecular complexity index is 475. The second-order valence-corrected chi connectivity index (χ2v) is 4.63. The Kier molecular flexibility index (Phi) is 3.05. The van der Waals surface area contributed by atoms with Gasteiger partial charge in [0.05, 0.1) is 16.7 Å². The van der Waals surface area contributed by atoms with Crippen LogP contribution in [0.25, 0.3) is 0 Å². The zero-order valence-corrected chi connectivity index (χ0v) is 9.97. The number of hydrogen-bond donors (Lipinski definition) is 2. The molecule has 0 spiro atoms. The molecule has 84 valence electrons. The monoisotopic (exact) mass is 235 g/mol. The maximum atomic E-state index is 11.7. The molecule has 2 rings (SSSR count). The average molecular weight is 235 g/mol. The Hall–Kier alpha value is -1.62. The molecule has 0 radical (unpaired) electrons. The van der Waals surface area contributed by atoms with Crippen LogP contribution in [0.15, 0.2) is 23.7 Å². The third-order valence-electron chi connectivity index (χ3n) is 2.27. The minimum atomic E-state index is -0.108. The van der Waals surface area contributed by atoms with Gasteiger partial charge in [0, 0.05) is 11.6 Å². The molecule has 5 heteroatoms. The summed E-state index contributed by atoms with van der Waals surface area (Å²) < 4.78 is 0. The molecule has 0 saturated carbocycles. The van der Waals surface area contributed by atoms with E-state index in [4.69, 9.17) is 0 Å². The molecule has 4 nitrogen and oxygen atoms in total. The summed E-state index contributed by atoms with van der Waals surface area (Å²) in [7, 11) is 0. The quantitative estimate of drug-likeness (QED) is 0.857. The number of hydrogen-bond acceptors (Lipinski definition) is 3. The number of aromatic nitrogens is 2. The van der Waals surface area contributed by atoms with Crippen molar-refractivity contribution in [3.8, 4) is 0 Å². The molecular formula is C11H13N3OS. The van der Waals surface area contributed by atoms with E-state index in [0.29, 0.717) is 5.69 Å². The summed E-state index contributed by atoms with van der Waals surface area (Å²) in [6, 6.07) is 3.47. The third kappa shape index (κ3) is 2.30. The number of H-pyrrole nitrogens is 1. The second kappa shape index (κ2) is 4.49. The number of aromatic amines is 1. The van der Waals surface area contributed by atoms with Gasteiger partial charge in [-0.1, -0.05) is 0 Å². The molecule has 0 fully saturated rings. The zero-order valence-electron chi connectivity index (χ0n) is 9.15. The van der Waals surface area contributed by atoms with Gasteiger partial charge in [-0.3, -0.25) is 4.79 Å². The van der Waals surface area contributed by atoms with E-state index >= 15 is 0 Å². The van der Waals surface area contributed by atoms with E-state index in [0.717, 1.165) is 10.7 Å². The van der Waals surface area contributed by atoms with Crippen LogP contribution >= 0.6 is 11.3 Å². The largest absolute Gasteiger partial charge is 0.357 e. The first-order valence-corrected chi connectivity index (χ1v) is 5.91. The molecule has 1 atom stereocenters. The highest BCUT2D eigenvalue weighted by Gasteiger charge is 2.13. The number of nitrogens with one attached hydrogen (secondary N) is 2. The lowest BCUT2D eigenvalue weighted by molar-refractivity contribution is 0.0935. The van der Waals surface area contributed by atoms with Gasteiger partial charge >= 0.3 is 0 Å². The van der Waals surface area contributed by atoms with E-state index in [1.807, 2.05) is 19.2 Å². The van der Waals surface area contributed by atoms with Crippen molar-refractivity contribution >= 4 is 17.2 Å². The molecule has 0 aliphatic rings. The van der Waals surface area contributed by atoms with Crippen molar-refractivity contribution in [1.82, 2.24) is 15.3 Å². The maximum absolute atomic E-state index is 11.7. The fourth-order valence-corrected chi connectivity index (χ4v) is 2.11. The molecule has 0 saturated heterocycles. The summed E-state index contributed by atoms with van der Waals surface area (Å²) in [6.45, 7) is 3.88. The van der Waals surface area contributed by atoms with E-state index < -0.39 is 0 Å². The SMILES string of the molecule is Cc1nc(C(C)NC(=O)c2ccc[nH]2)cs1. The summed E-state index contributed by atoms with van der Waals surface area (Å²) >= 11 is 1.59. The molecule has 0 bridgehead atoms. The smallest absolute Gasteiger partial charge is 0.268 e. The van der Waals surface area contributed by atoms with Gasteiger partial charge in [-0.05, 0) is 26.0 Å². The fraction of sp³-hybridized carbons (Fsp3) is 0.273. The topological polar surface area (TPSA) is 57.8 Å². The fourth-order valence-electron chi connectivity index (χ4n) is 1.40. The highest BCUT2D eigenvalue weighted by atomic mass is 32.1. The van der Waals surface area contributed by atoms with Crippen LogP contribution < -0.4 is 5.32 Å². The van der Waals surface area contributed by atoms with Gasteiger partial charge in [0.2, 0.25) is 0 Å². The molecule has 2 heterocycles. The molecule has 16 heavy (non-hydrogen) atoms. The molecule has 0 aromatic carbocycles. The van der Waals surface area contributed by atoms with Crippen LogP contribution in [0.5, 0.6) is 0 Å². The summed E-state index contributed by atoms with van der Waals surface area (Å²) in [5.41, 5.74) is 1.47. The first-order valence-electron chi connectivity index (χ1n) is 5.03. The number of nitrogens with zero attached hydrogens (tertiary/aromatic N) is 1. The highest BCUT2D eigenvalue weighted by molar-refractivity contribution is 7.09. The molecule has 2 aromatic rings. The van der Waals surface area contributed by atoms with Crippen molar-refractivity contribution in [2.45, 2.75) is 19.9 Å². The predicted molar refractivity (Wildman–Crippen MR) is 63.5 cm³/mol. The van der Waals surface area contributed by atoms with Crippen molar-refractivity contribution in [3.05, 3.63) is 40.1 Å². The summed E-state index contributed by atoms with van der Waals surface area (Å²) in [6.07, 6.45) is 1.73. The zero-order chi connectivity index (χ0) is 11.5. The van der Waals surface area contributed by atoms with E-state index in [1.165, 1.54) is 0 Å². The molecule has 2 N–H and O–H groups in total. The van der Waals surface area contributed by atoms with Crippen molar-refractivity contribution < 1.29 is 4.79 Å². The van der Waals surface area contributed by atoms with Crippen molar-refractivity contribution in [2.24, 2.45) is 0 Å². The van der Waals surface area contributed by atoms with E-state index in [9.17, 15) is 4.79 Å². The van der Waals surface area contributed by atoms with Gasteiger partial charge in [0.25, 0.3) is 5.91 Å². The molecule has 0 aliphatic heterocycles. The lowest BCUT2D eigenvalue weighted by Gasteiger charge is -2.10. The number of aryl methyl sites for hydroxylation is 1. The summed E-state index contributed by atoms with van der Waals surface area (Å²) in [5, 5.41) is 5.86. The average Bonchev–Trinajstić information content (AvgIpc) is 2.87. The van der Waals surface area contributed by atoms with Crippen LogP contribution in [-0.2, 0) is 0 Å². The predicted octanol–water partition coefficient (Wildman–Crippen LogP) is 2.27. The summed E-state index contributed by atoms with van der Waals surface area (Å²) in [5.74, 6) is -0.108. The van der Waals surface area contributed by atoms with Crippen molar-refractivity contribution in [3.63, 3.8) is 0 Å². The van der Waals surface area contributed by atoms with Crippen LogP contribution in [0.4, 0.5) is 0 Å². The minimum absolute atomic E-state index is 0.0688.